The van der Waals surface area contributed by atoms with E-state index in [4.69, 9.17) is 47.4 Å². The maximum absolute atomic E-state index is 12.9. The van der Waals surface area contributed by atoms with Crippen molar-refractivity contribution in [3.8, 4) is 0 Å². The molecule has 504 valence electrons. The minimum atomic E-state index is -1.88. The van der Waals surface area contributed by atoms with E-state index in [9.17, 15) is 86.8 Å². The fourth-order valence-electron chi connectivity index (χ4n) is 16.8. The van der Waals surface area contributed by atoms with Gasteiger partial charge in [-0.3, -0.25) is 0 Å². The molecular formula is C60H102O27. The molecular weight excluding hydrogens is 1150 g/mol. The maximum Gasteiger partial charge on any atom is 0.187 e. The fraction of sp³-hybridized carbons (Fsp3) is 0.967. The Balaban J connectivity index is 0.879. The molecule has 4 aliphatic carbocycles. The molecule has 0 aromatic rings. The summed E-state index contributed by atoms with van der Waals surface area (Å²) in [6, 6.07) is 0. The lowest BCUT2D eigenvalue weighted by atomic mass is 9.38. The van der Waals surface area contributed by atoms with Crippen molar-refractivity contribution in [3.63, 3.8) is 0 Å². The van der Waals surface area contributed by atoms with Gasteiger partial charge in [0.05, 0.1) is 51.3 Å². The molecule has 87 heavy (non-hydrogen) atoms. The SMILES string of the molecule is C[C@H](CC[C@@H](OC1OC(COC2OCC(O)C(O)C2O)C(O)C(O)C1OC1OC(CO)C(O)C(O)C1O)C(C)(C)C)[C@H]1CC[C@@]2(C)[C@@H]3CC=C4[C@@H](CC[C@H](OC5OC(COC6OC(CO)C(O)C(O)C6O)C(O)C(O)C5O)C4(C)C)[C@]3(C)[C@H](O)C[C@]12C. The van der Waals surface area contributed by atoms with Gasteiger partial charge in [0.2, 0.25) is 0 Å². The van der Waals surface area contributed by atoms with Gasteiger partial charge in [-0.05, 0) is 91.3 Å². The summed E-state index contributed by atoms with van der Waals surface area (Å²) in [7, 11) is 0. The molecule has 5 aliphatic heterocycles. The Morgan fingerprint density at radius 1 is 0.552 bits per heavy atom. The smallest absolute Gasteiger partial charge is 0.187 e. The summed E-state index contributed by atoms with van der Waals surface area (Å²) in [6.07, 6.45) is -32.6. The molecule has 8 fully saturated rings. The molecule has 5 saturated heterocycles. The van der Waals surface area contributed by atoms with Crippen molar-refractivity contribution in [1.82, 2.24) is 0 Å². The summed E-state index contributed by atoms with van der Waals surface area (Å²) >= 11 is 0. The molecule has 0 radical (unpaired) electrons. The molecule has 0 aromatic carbocycles. The number of hydrogen-bond acceptors (Lipinski definition) is 27. The van der Waals surface area contributed by atoms with Crippen molar-refractivity contribution in [1.29, 1.82) is 0 Å². The molecule has 5 heterocycles. The number of aliphatic hydroxyl groups is 17. The van der Waals surface area contributed by atoms with E-state index in [0.29, 0.717) is 38.5 Å². The number of ether oxygens (including phenoxy) is 10. The zero-order valence-electron chi connectivity index (χ0n) is 51.4. The van der Waals surface area contributed by atoms with E-state index < -0.39 is 208 Å². The molecule has 9 aliphatic rings. The fourth-order valence-corrected chi connectivity index (χ4v) is 16.8. The number of aliphatic hydroxyl groups excluding tert-OH is 17. The van der Waals surface area contributed by atoms with Crippen molar-refractivity contribution < 1.29 is 134 Å². The number of rotatable bonds is 18. The Morgan fingerprint density at radius 3 is 1.64 bits per heavy atom. The predicted octanol–water partition coefficient (Wildman–Crippen LogP) is -3.49. The van der Waals surface area contributed by atoms with Crippen LogP contribution in [0.3, 0.4) is 0 Å². The molecule has 27 nitrogen and oxygen atoms in total. The van der Waals surface area contributed by atoms with Crippen molar-refractivity contribution in [2.24, 2.45) is 50.7 Å². The Bertz CT molecular complexity index is 2290. The van der Waals surface area contributed by atoms with E-state index >= 15 is 0 Å². The molecule has 34 atom stereocenters. The molecule has 17 N–H and O–H groups in total. The molecule has 9 rings (SSSR count). The van der Waals surface area contributed by atoms with Gasteiger partial charge in [0, 0.05) is 10.8 Å². The third-order valence-electron chi connectivity index (χ3n) is 22.7. The van der Waals surface area contributed by atoms with Gasteiger partial charge in [0.15, 0.2) is 31.5 Å². The van der Waals surface area contributed by atoms with Crippen LogP contribution < -0.4 is 0 Å². The van der Waals surface area contributed by atoms with E-state index in [-0.39, 0.29) is 41.1 Å². The Hall–Kier alpha value is -1.34. The normalized spacial score (nSPS) is 51.8. The topological polar surface area (TPSA) is 436 Å². The maximum atomic E-state index is 12.9. The standard InChI is InChI=1S/C60H102O27/c1-24(10-14-35(56(2,3)4)85-55-50(87-54-49(77)43(71)39(67)30(20-62)82-54)45(73)41(69)32(84-55)22-79-51-46(74)37(65)28(63)21-78-51)25-16-17-58(7)33-13-11-26-27(60(33,9)34(64)18-59(25,58)8)12-15-36(57(26,5)6)86-53-48(76)44(72)40(68)31(83-53)23-80-52-47(75)42(70)38(66)29(19-61)81-52/h11,24-25,27-55,61-77H,10,12-23H2,1-9H3/t24-,25-,27-,28?,29?,30?,31?,32?,33+,34-,35-,36+,37?,38?,39?,40?,41?,42?,43?,44?,45?,46?,47?,48?,49?,50?,51?,52?,53?,54?,55?,58+,59-,60+/m1/s1. The first kappa shape index (κ1) is 70.0. The second kappa shape index (κ2) is 26.8. The monoisotopic (exact) mass is 1250 g/mol. The van der Waals surface area contributed by atoms with E-state index in [2.05, 4.69) is 47.6 Å². The number of fused-ring (bicyclic) bond motifs is 5. The van der Waals surface area contributed by atoms with Gasteiger partial charge in [-0.15, -0.1) is 0 Å². The van der Waals surface area contributed by atoms with Crippen LogP contribution in [0, 0.1) is 50.7 Å². The Kier molecular flexibility index (Phi) is 21.6. The second-order valence-corrected chi connectivity index (χ2v) is 29.0. The molecule has 0 aromatic heterocycles. The number of hydrogen-bond donors (Lipinski definition) is 17. The molecule has 27 heteroatoms. The van der Waals surface area contributed by atoms with Crippen LogP contribution in [0.25, 0.3) is 0 Å². The van der Waals surface area contributed by atoms with Crippen molar-refractivity contribution >= 4 is 0 Å². The van der Waals surface area contributed by atoms with Crippen LogP contribution >= 0.6 is 0 Å². The summed E-state index contributed by atoms with van der Waals surface area (Å²) in [5.41, 5.74) is -1.21. The molecule has 0 bridgehead atoms. The molecule has 0 spiro atoms. The highest BCUT2D eigenvalue weighted by atomic mass is 16.8. The van der Waals surface area contributed by atoms with Gasteiger partial charge < -0.3 is 134 Å². The van der Waals surface area contributed by atoms with Gasteiger partial charge in [-0.2, -0.15) is 0 Å². The molecule has 3 saturated carbocycles. The van der Waals surface area contributed by atoms with Crippen molar-refractivity contribution in [2.75, 3.05) is 33.0 Å². The average molecular weight is 1260 g/mol. The van der Waals surface area contributed by atoms with Gasteiger partial charge in [-0.25, -0.2) is 0 Å². The molecule has 0 amide bonds. The van der Waals surface area contributed by atoms with Crippen molar-refractivity contribution in [2.45, 2.75) is 279 Å². The first-order valence-corrected chi connectivity index (χ1v) is 31.2. The van der Waals surface area contributed by atoms with E-state index in [1.54, 1.807) is 0 Å². The first-order chi connectivity index (χ1) is 40.7. The van der Waals surface area contributed by atoms with E-state index in [1.807, 2.05) is 20.8 Å². The van der Waals surface area contributed by atoms with E-state index in [0.717, 1.165) is 18.4 Å². The Morgan fingerprint density at radius 2 is 1.06 bits per heavy atom. The number of allylic oxidation sites excluding steroid dienone is 1. The average Bonchev–Trinajstić information content (AvgIpc) is 1.67. The van der Waals surface area contributed by atoms with E-state index in [1.165, 1.54) is 0 Å². The zero-order chi connectivity index (χ0) is 63.9. The first-order valence-electron chi connectivity index (χ1n) is 31.2. The van der Waals surface area contributed by atoms with Gasteiger partial charge in [-0.1, -0.05) is 74.0 Å². The molecule has 24 unspecified atom stereocenters. The summed E-state index contributed by atoms with van der Waals surface area (Å²) in [4.78, 5) is 0. The Labute approximate surface area is 507 Å². The van der Waals surface area contributed by atoms with Crippen LogP contribution in [-0.4, -0.2) is 286 Å². The van der Waals surface area contributed by atoms with Crippen LogP contribution in [0.5, 0.6) is 0 Å². The quantitative estimate of drug-likeness (QED) is 0.0592. The lowest BCUT2D eigenvalue weighted by Gasteiger charge is -2.67. The van der Waals surface area contributed by atoms with Gasteiger partial charge in [0.25, 0.3) is 0 Å². The van der Waals surface area contributed by atoms with Crippen LogP contribution in [0.15, 0.2) is 11.6 Å². The van der Waals surface area contributed by atoms with Crippen molar-refractivity contribution in [3.05, 3.63) is 11.6 Å². The van der Waals surface area contributed by atoms with Gasteiger partial charge in [0.1, 0.15) is 116 Å². The summed E-state index contributed by atoms with van der Waals surface area (Å²) in [5.74, 6) is 0.305. The minimum absolute atomic E-state index is 0.0386. The third-order valence-corrected chi connectivity index (χ3v) is 22.7. The van der Waals surface area contributed by atoms with Gasteiger partial charge >= 0.3 is 0 Å². The summed E-state index contributed by atoms with van der Waals surface area (Å²) < 4.78 is 59.8. The second-order valence-electron chi connectivity index (χ2n) is 29.0. The lowest BCUT2D eigenvalue weighted by Crippen LogP contribution is -2.65. The van der Waals surface area contributed by atoms with Crippen LogP contribution in [0.2, 0.25) is 0 Å². The summed E-state index contributed by atoms with van der Waals surface area (Å²) in [6.45, 7) is 16.4. The zero-order valence-corrected chi connectivity index (χ0v) is 51.4. The third kappa shape index (κ3) is 12.8. The highest BCUT2D eigenvalue weighted by molar-refractivity contribution is 5.32. The highest BCUT2D eigenvalue weighted by Crippen LogP contribution is 2.75. The lowest BCUT2D eigenvalue weighted by molar-refractivity contribution is -0.378. The largest absolute Gasteiger partial charge is 0.394 e. The van der Waals surface area contributed by atoms with Crippen LogP contribution in [0.4, 0.5) is 0 Å². The predicted molar refractivity (Wildman–Crippen MR) is 297 cm³/mol. The van der Waals surface area contributed by atoms with Crippen LogP contribution in [0.1, 0.15) is 114 Å². The summed E-state index contributed by atoms with van der Waals surface area (Å²) in [5, 5.41) is 183. The minimum Gasteiger partial charge on any atom is -0.394 e. The highest BCUT2D eigenvalue weighted by Gasteiger charge is 2.70. The van der Waals surface area contributed by atoms with Crippen LogP contribution in [-0.2, 0) is 47.4 Å².